The van der Waals surface area contributed by atoms with E-state index in [2.05, 4.69) is 36.2 Å². The average Bonchev–Trinajstić information content (AvgIpc) is 3.22. The van der Waals surface area contributed by atoms with E-state index in [1.54, 1.807) is 0 Å². The summed E-state index contributed by atoms with van der Waals surface area (Å²) in [5.74, 6) is 0. The van der Waals surface area contributed by atoms with Crippen LogP contribution in [0, 0.1) is 0 Å². The molecule has 0 aliphatic rings. The normalized spacial score (nSPS) is 11.8. The Hall–Kier alpha value is -1.57. The number of hydrogen-bond acceptors (Lipinski definition) is 1. The number of H-pyrrole nitrogens is 1. The van der Waals surface area contributed by atoms with E-state index in [0.29, 0.717) is 0 Å². The molecule has 30 heavy (non-hydrogen) atoms. The van der Waals surface area contributed by atoms with Gasteiger partial charge in [0, 0.05) is 6.20 Å². The molecule has 1 aromatic rings. The van der Waals surface area contributed by atoms with Gasteiger partial charge in [0.15, 0.2) is 6.29 Å². The zero-order valence-electron chi connectivity index (χ0n) is 19.7. The molecule has 1 N–H and O–H groups in total. The van der Waals surface area contributed by atoms with Crippen molar-refractivity contribution in [1.29, 1.82) is 0 Å². The van der Waals surface area contributed by atoms with Crippen LogP contribution in [0.15, 0.2) is 36.6 Å². The highest BCUT2D eigenvalue weighted by atomic mass is 16.1. The van der Waals surface area contributed by atoms with Crippen LogP contribution >= 0.6 is 0 Å². The Morgan fingerprint density at radius 1 is 0.667 bits per heavy atom. The predicted molar refractivity (Wildman–Crippen MR) is 132 cm³/mol. The van der Waals surface area contributed by atoms with Gasteiger partial charge in [-0.05, 0) is 75.8 Å². The van der Waals surface area contributed by atoms with E-state index < -0.39 is 0 Å². The van der Waals surface area contributed by atoms with E-state index in [-0.39, 0.29) is 0 Å². The molecule has 0 aliphatic heterocycles. The number of carbonyl (C=O) groups is 1. The molecular weight excluding hydrogens is 366 g/mol. The summed E-state index contributed by atoms with van der Waals surface area (Å²) in [4.78, 5) is 13.9. The Kier molecular flexibility index (Phi) is 18.3. The lowest BCUT2D eigenvalue weighted by Gasteiger charge is -2.00. The SMILES string of the molecule is CCCCCCC=CCCCCCCCC=CCCCCCCc1cc[nH]c1C=O. The third kappa shape index (κ3) is 15.3. The van der Waals surface area contributed by atoms with Gasteiger partial charge in [-0.2, -0.15) is 0 Å². The summed E-state index contributed by atoms with van der Waals surface area (Å²) < 4.78 is 0. The van der Waals surface area contributed by atoms with Crippen molar-refractivity contribution in [2.24, 2.45) is 0 Å². The molecule has 0 saturated heterocycles. The fraction of sp³-hybridized carbons (Fsp3) is 0.679. The van der Waals surface area contributed by atoms with E-state index in [9.17, 15) is 4.79 Å². The Morgan fingerprint density at radius 3 is 1.63 bits per heavy atom. The van der Waals surface area contributed by atoms with Crippen LogP contribution in [0.2, 0.25) is 0 Å². The molecular formula is C28H47NO. The molecule has 0 spiro atoms. The van der Waals surface area contributed by atoms with Crippen molar-refractivity contribution in [3.05, 3.63) is 47.8 Å². The average molecular weight is 414 g/mol. The minimum atomic E-state index is 0.753. The minimum absolute atomic E-state index is 0.753. The Labute approximate surface area is 186 Å². The lowest BCUT2D eigenvalue weighted by molar-refractivity contribution is 0.111. The monoisotopic (exact) mass is 413 g/mol. The molecule has 0 amide bonds. The van der Waals surface area contributed by atoms with Crippen molar-refractivity contribution < 1.29 is 4.79 Å². The second-order valence-corrected chi connectivity index (χ2v) is 8.62. The Bertz CT molecular complexity index is 555. The molecule has 1 aromatic heterocycles. The molecule has 0 saturated carbocycles. The maximum Gasteiger partial charge on any atom is 0.166 e. The first-order chi connectivity index (χ1) is 14.9. The zero-order valence-corrected chi connectivity index (χ0v) is 19.7. The van der Waals surface area contributed by atoms with E-state index in [4.69, 9.17) is 0 Å². The van der Waals surface area contributed by atoms with Crippen LogP contribution in [0.5, 0.6) is 0 Å². The first-order valence-electron chi connectivity index (χ1n) is 12.8. The lowest BCUT2D eigenvalue weighted by atomic mass is 10.1. The molecule has 0 bridgehead atoms. The van der Waals surface area contributed by atoms with Gasteiger partial charge in [-0.25, -0.2) is 0 Å². The fourth-order valence-corrected chi connectivity index (χ4v) is 3.89. The van der Waals surface area contributed by atoms with Gasteiger partial charge in [-0.3, -0.25) is 4.79 Å². The van der Waals surface area contributed by atoms with E-state index in [0.717, 1.165) is 18.4 Å². The van der Waals surface area contributed by atoms with Gasteiger partial charge in [0.1, 0.15) is 0 Å². The predicted octanol–water partition coefficient (Wildman–Crippen LogP) is 9.13. The molecule has 2 nitrogen and oxygen atoms in total. The number of aryl methyl sites for hydroxylation is 1. The standard InChI is InChI=1S/C28H47NO/c1-2-3-4-5-6-7-8-9-10-11-12-13-14-15-16-17-18-19-20-21-22-23-27-24-25-29-28(27)26-30/h7-8,16-17,24-26,29H,2-6,9-15,18-23H2,1H3. The molecule has 0 fully saturated rings. The number of allylic oxidation sites excluding steroid dienone is 4. The molecule has 0 aliphatic carbocycles. The molecule has 0 atom stereocenters. The first kappa shape index (κ1) is 26.5. The van der Waals surface area contributed by atoms with E-state index in [1.807, 2.05) is 12.3 Å². The van der Waals surface area contributed by atoms with Crippen molar-refractivity contribution in [1.82, 2.24) is 4.98 Å². The zero-order chi connectivity index (χ0) is 21.5. The largest absolute Gasteiger partial charge is 0.359 e. The lowest BCUT2D eigenvalue weighted by Crippen LogP contribution is -1.90. The number of carbonyl (C=O) groups excluding carboxylic acids is 1. The summed E-state index contributed by atoms with van der Waals surface area (Å²) in [5, 5.41) is 0. The van der Waals surface area contributed by atoms with Gasteiger partial charge >= 0.3 is 0 Å². The second-order valence-electron chi connectivity index (χ2n) is 8.62. The molecule has 2 heteroatoms. The van der Waals surface area contributed by atoms with Crippen molar-refractivity contribution in [2.75, 3.05) is 0 Å². The van der Waals surface area contributed by atoms with Crippen LogP contribution in [0.25, 0.3) is 0 Å². The fourth-order valence-electron chi connectivity index (χ4n) is 3.89. The minimum Gasteiger partial charge on any atom is -0.359 e. The summed E-state index contributed by atoms with van der Waals surface area (Å²) in [7, 11) is 0. The number of hydrogen-bond donors (Lipinski definition) is 1. The number of aldehydes is 1. The van der Waals surface area contributed by atoms with Gasteiger partial charge < -0.3 is 4.98 Å². The quantitative estimate of drug-likeness (QED) is 0.122. The van der Waals surface area contributed by atoms with Crippen LogP contribution in [-0.2, 0) is 6.42 Å². The van der Waals surface area contributed by atoms with Gasteiger partial charge in [0.05, 0.1) is 5.69 Å². The van der Waals surface area contributed by atoms with E-state index in [1.165, 1.54) is 115 Å². The van der Waals surface area contributed by atoms with Gasteiger partial charge in [-0.15, -0.1) is 0 Å². The van der Waals surface area contributed by atoms with Crippen LogP contribution < -0.4 is 0 Å². The third-order valence-corrected chi connectivity index (χ3v) is 5.85. The molecule has 0 aromatic carbocycles. The summed E-state index contributed by atoms with van der Waals surface area (Å²) >= 11 is 0. The number of rotatable bonds is 21. The maximum absolute atomic E-state index is 10.9. The molecule has 1 rings (SSSR count). The number of nitrogens with one attached hydrogen (secondary N) is 1. The third-order valence-electron chi connectivity index (χ3n) is 5.85. The van der Waals surface area contributed by atoms with Gasteiger partial charge in [-0.1, -0.05) is 82.6 Å². The smallest absolute Gasteiger partial charge is 0.166 e. The number of unbranched alkanes of at least 4 members (excludes halogenated alkanes) is 14. The molecule has 170 valence electrons. The van der Waals surface area contributed by atoms with Gasteiger partial charge in [0.25, 0.3) is 0 Å². The highest BCUT2D eigenvalue weighted by molar-refractivity contribution is 5.74. The van der Waals surface area contributed by atoms with Crippen LogP contribution in [0.3, 0.4) is 0 Å². The second kappa shape index (κ2) is 20.7. The van der Waals surface area contributed by atoms with Crippen molar-refractivity contribution in [3.8, 4) is 0 Å². The van der Waals surface area contributed by atoms with Gasteiger partial charge in [0.2, 0.25) is 0 Å². The first-order valence-corrected chi connectivity index (χ1v) is 12.8. The molecule has 0 radical (unpaired) electrons. The summed E-state index contributed by atoms with van der Waals surface area (Å²) in [6.07, 6.45) is 35.8. The van der Waals surface area contributed by atoms with Crippen LogP contribution in [-0.4, -0.2) is 11.3 Å². The number of aromatic amines is 1. The van der Waals surface area contributed by atoms with Crippen molar-refractivity contribution >= 4 is 6.29 Å². The van der Waals surface area contributed by atoms with Crippen LogP contribution in [0.4, 0.5) is 0 Å². The maximum atomic E-state index is 10.9. The highest BCUT2D eigenvalue weighted by Crippen LogP contribution is 2.12. The molecule has 0 unspecified atom stereocenters. The summed E-state index contributed by atoms with van der Waals surface area (Å²) in [5.41, 5.74) is 1.92. The summed E-state index contributed by atoms with van der Waals surface area (Å²) in [6, 6.07) is 2.03. The Balaban J connectivity index is 1.78. The summed E-state index contributed by atoms with van der Waals surface area (Å²) in [6.45, 7) is 2.27. The molecule has 1 heterocycles. The van der Waals surface area contributed by atoms with E-state index >= 15 is 0 Å². The number of aromatic nitrogens is 1. The highest BCUT2D eigenvalue weighted by Gasteiger charge is 2.01. The van der Waals surface area contributed by atoms with Crippen molar-refractivity contribution in [2.45, 2.75) is 122 Å². The topological polar surface area (TPSA) is 32.9 Å². The van der Waals surface area contributed by atoms with Crippen LogP contribution in [0.1, 0.15) is 132 Å². The Morgan fingerprint density at radius 2 is 1.13 bits per heavy atom. The van der Waals surface area contributed by atoms with Crippen molar-refractivity contribution in [3.63, 3.8) is 0 Å².